The number of para-hydroxylation sites is 1. The van der Waals surface area contributed by atoms with Crippen LogP contribution in [0.1, 0.15) is 24.8 Å². The summed E-state index contributed by atoms with van der Waals surface area (Å²) in [5.74, 6) is 0.943. The van der Waals surface area contributed by atoms with Gasteiger partial charge in [-0.3, -0.25) is 0 Å². The number of aliphatic hydroxyl groups excluding tert-OH is 1. The van der Waals surface area contributed by atoms with Crippen LogP contribution in [0.2, 0.25) is 0 Å². The predicted octanol–water partition coefficient (Wildman–Crippen LogP) is 2.98. The molecule has 1 aliphatic heterocycles. The quantitative estimate of drug-likeness (QED) is 0.803. The maximum atomic E-state index is 10.7. The second-order valence-electron chi connectivity index (χ2n) is 6.15. The van der Waals surface area contributed by atoms with E-state index in [0.29, 0.717) is 0 Å². The summed E-state index contributed by atoms with van der Waals surface area (Å²) in [6.45, 7) is 1.83. The van der Waals surface area contributed by atoms with Gasteiger partial charge in [-0.2, -0.15) is 0 Å². The standard InChI is InChI=1S/C17H20N4OS/c1-20-10-8-18-16(20)15(22)12-5-4-9-21(11-12)17-19-13-6-2-3-7-14(13)23-17/h2-3,6-8,10,12,15,22H,4-5,9,11H2,1H3/t12-,15+/m0/s1. The number of fused-ring (bicyclic) bond motifs is 1. The summed E-state index contributed by atoms with van der Waals surface area (Å²) in [5.41, 5.74) is 1.05. The van der Waals surface area contributed by atoms with Gasteiger partial charge in [-0.1, -0.05) is 23.5 Å². The van der Waals surface area contributed by atoms with Gasteiger partial charge in [0.05, 0.1) is 10.2 Å². The van der Waals surface area contributed by atoms with Crippen LogP contribution in [0.3, 0.4) is 0 Å². The fraction of sp³-hybridized carbons (Fsp3) is 0.412. The number of thiazole rings is 1. The minimum absolute atomic E-state index is 0.192. The van der Waals surface area contributed by atoms with Crippen molar-refractivity contribution in [3.63, 3.8) is 0 Å². The summed E-state index contributed by atoms with van der Waals surface area (Å²) in [6.07, 6.45) is 5.20. The lowest BCUT2D eigenvalue weighted by atomic mass is 9.92. The van der Waals surface area contributed by atoms with E-state index in [4.69, 9.17) is 4.98 Å². The second-order valence-corrected chi connectivity index (χ2v) is 7.16. The lowest BCUT2D eigenvalue weighted by molar-refractivity contribution is 0.0875. The minimum atomic E-state index is -0.521. The van der Waals surface area contributed by atoms with Crippen molar-refractivity contribution in [2.45, 2.75) is 18.9 Å². The van der Waals surface area contributed by atoms with Gasteiger partial charge >= 0.3 is 0 Å². The smallest absolute Gasteiger partial charge is 0.186 e. The Kier molecular flexibility index (Phi) is 3.79. The van der Waals surface area contributed by atoms with Crippen molar-refractivity contribution in [1.82, 2.24) is 14.5 Å². The molecule has 0 saturated carbocycles. The molecule has 1 N–H and O–H groups in total. The normalized spacial score (nSPS) is 20.1. The number of aromatic nitrogens is 3. The Labute approximate surface area is 139 Å². The molecule has 6 heteroatoms. The first kappa shape index (κ1) is 14.7. The molecule has 0 bridgehead atoms. The zero-order chi connectivity index (χ0) is 15.8. The minimum Gasteiger partial charge on any atom is -0.385 e. The number of rotatable bonds is 3. The number of benzene rings is 1. The number of imidazole rings is 1. The Balaban J connectivity index is 1.56. The van der Waals surface area contributed by atoms with E-state index in [2.05, 4.69) is 22.0 Å². The first-order valence-electron chi connectivity index (χ1n) is 7.98. The van der Waals surface area contributed by atoms with Crippen LogP contribution >= 0.6 is 11.3 Å². The van der Waals surface area contributed by atoms with Crippen LogP contribution < -0.4 is 4.90 Å². The first-order valence-corrected chi connectivity index (χ1v) is 8.80. The molecule has 1 aliphatic rings. The van der Waals surface area contributed by atoms with Gasteiger partial charge in [0.1, 0.15) is 11.9 Å². The Bertz CT molecular complexity index is 779. The molecule has 120 valence electrons. The van der Waals surface area contributed by atoms with Crippen LogP contribution in [0.25, 0.3) is 10.2 Å². The van der Waals surface area contributed by atoms with Gasteiger partial charge in [0.15, 0.2) is 5.13 Å². The first-order chi connectivity index (χ1) is 11.2. The van der Waals surface area contributed by atoms with Crippen LogP contribution in [0.4, 0.5) is 5.13 Å². The lowest BCUT2D eigenvalue weighted by Gasteiger charge is -2.34. The predicted molar refractivity (Wildman–Crippen MR) is 92.7 cm³/mol. The average Bonchev–Trinajstić information content (AvgIpc) is 3.20. The van der Waals surface area contributed by atoms with Gasteiger partial charge in [-0.15, -0.1) is 0 Å². The van der Waals surface area contributed by atoms with Gasteiger partial charge in [0, 0.05) is 38.4 Å². The maximum absolute atomic E-state index is 10.7. The van der Waals surface area contributed by atoms with Gasteiger partial charge < -0.3 is 14.6 Å². The Morgan fingerprint density at radius 3 is 3.00 bits per heavy atom. The lowest BCUT2D eigenvalue weighted by Crippen LogP contribution is -2.38. The van der Waals surface area contributed by atoms with Crippen molar-refractivity contribution in [1.29, 1.82) is 0 Å². The zero-order valence-corrected chi connectivity index (χ0v) is 13.9. The second kappa shape index (κ2) is 5.94. The molecule has 1 aromatic carbocycles. The van der Waals surface area contributed by atoms with Crippen LogP contribution in [-0.4, -0.2) is 32.7 Å². The molecule has 1 fully saturated rings. The summed E-state index contributed by atoms with van der Waals surface area (Å²) in [7, 11) is 1.93. The third kappa shape index (κ3) is 2.72. The third-order valence-electron chi connectivity index (χ3n) is 4.58. The van der Waals surface area contributed by atoms with E-state index >= 15 is 0 Å². The fourth-order valence-corrected chi connectivity index (χ4v) is 4.31. The van der Waals surface area contributed by atoms with Crippen molar-refractivity contribution < 1.29 is 5.11 Å². The van der Waals surface area contributed by atoms with E-state index in [9.17, 15) is 5.11 Å². The molecule has 5 nitrogen and oxygen atoms in total. The molecule has 1 saturated heterocycles. The summed E-state index contributed by atoms with van der Waals surface area (Å²) < 4.78 is 3.12. The number of hydrogen-bond donors (Lipinski definition) is 1. The molecule has 2 aromatic heterocycles. The number of nitrogens with zero attached hydrogens (tertiary/aromatic N) is 4. The SMILES string of the molecule is Cn1ccnc1[C@H](O)[C@H]1CCCN(c2nc3ccccc3s2)C1. The molecule has 3 aromatic rings. The third-order valence-corrected chi connectivity index (χ3v) is 5.68. The van der Waals surface area contributed by atoms with E-state index in [1.54, 1.807) is 17.5 Å². The molecule has 2 atom stereocenters. The summed E-state index contributed by atoms with van der Waals surface area (Å²) >= 11 is 1.73. The molecule has 0 unspecified atom stereocenters. The van der Waals surface area contributed by atoms with Crippen LogP contribution in [0, 0.1) is 5.92 Å². The van der Waals surface area contributed by atoms with Crippen LogP contribution in [0.5, 0.6) is 0 Å². The Morgan fingerprint density at radius 2 is 2.22 bits per heavy atom. The molecule has 0 radical (unpaired) electrons. The topological polar surface area (TPSA) is 54.2 Å². The number of aryl methyl sites for hydroxylation is 1. The number of piperidine rings is 1. The average molecular weight is 328 g/mol. The highest BCUT2D eigenvalue weighted by Crippen LogP contribution is 2.34. The van der Waals surface area contributed by atoms with E-state index in [1.807, 2.05) is 29.9 Å². The molecule has 0 spiro atoms. The fourth-order valence-electron chi connectivity index (χ4n) is 3.31. The molecule has 0 amide bonds. The van der Waals surface area contributed by atoms with Gasteiger partial charge in [-0.05, 0) is 25.0 Å². The largest absolute Gasteiger partial charge is 0.385 e. The van der Waals surface area contributed by atoms with E-state index in [1.165, 1.54) is 4.70 Å². The number of aliphatic hydroxyl groups is 1. The van der Waals surface area contributed by atoms with E-state index < -0.39 is 6.10 Å². The highest BCUT2D eigenvalue weighted by Gasteiger charge is 2.30. The van der Waals surface area contributed by atoms with Gasteiger partial charge in [0.25, 0.3) is 0 Å². The van der Waals surface area contributed by atoms with Crippen molar-refractivity contribution in [2.75, 3.05) is 18.0 Å². The monoisotopic (exact) mass is 328 g/mol. The highest BCUT2D eigenvalue weighted by molar-refractivity contribution is 7.22. The van der Waals surface area contributed by atoms with Crippen LogP contribution in [0.15, 0.2) is 36.7 Å². The van der Waals surface area contributed by atoms with Crippen molar-refractivity contribution in [3.05, 3.63) is 42.5 Å². The molecule has 23 heavy (non-hydrogen) atoms. The van der Waals surface area contributed by atoms with Gasteiger partial charge in [-0.25, -0.2) is 9.97 Å². The Hall–Kier alpha value is -1.92. The molecular weight excluding hydrogens is 308 g/mol. The van der Waals surface area contributed by atoms with Crippen LogP contribution in [-0.2, 0) is 7.05 Å². The van der Waals surface area contributed by atoms with Crippen molar-refractivity contribution >= 4 is 26.7 Å². The molecule has 3 heterocycles. The van der Waals surface area contributed by atoms with E-state index in [-0.39, 0.29) is 5.92 Å². The van der Waals surface area contributed by atoms with E-state index in [0.717, 1.165) is 42.4 Å². The van der Waals surface area contributed by atoms with Gasteiger partial charge in [0.2, 0.25) is 0 Å². The Morgan fingerprint density at radius 1 is 1.35 bits per heavy atom. The number of anilines is 1. The zero-order valence-electron chi connectivity index (χ0n) is 13.1. The van der Waals surface area contributed by atoms with Crippen molar-refractivity contribution in [2.24, 2.45) is 13.0 Å². The number of hydrogen-bond acceptors (Lipinski definition) is 5. The maximum Gasteiger partial charge on any atom is 0.186 e. The van der Waals surface area contributed by atoms with Crippen molar-refractivity contribution in [3.8, 4) is 0 Å². The summed E-state index contributed by atoms with van der Waals surface area (Å²) in [5, 5.41) is 11.8. The summed E-state index contributed by atoms with van der Waals surface area (Å²) in [6, 6.07) is 8.24. The molecule has 0 aliphatic carbocycles. The molecule has 4 rings (SSSR count). The molecular formula is C17H20N4OS. The highest BCUT2D eigenvalue weighted by atomic mass is 32.1. The summed E-state index contributed by atoms with van der Waals surface area (Å²) in [4.78, 5) is 11.4.